The van der Waals surface area contributed by atoms with Crippen LogP contribution < -0.4 is 5.32 Å². The Labute approximate surface area is 185 Å². The minimum Gasteiger partial charge on any atom is -0.469 e. The minimum atomic E-state index is -4.69. The van der Waals surface area contributed by atoms with Gasteiger partial charge in [-0.15, -0.1) is 0 Å². The van der Waals surface area contributed by atoms with E-state index in [-0.39, 0.29) is 16.8 Å². The number of nitro groups is 1. The lowest BCUT2D eigenvalue weighted by molar-refractivity contribution is -0.384. The number of benzene rings is 2. The van der Waals surface area contributed by atoms with Crippen LogP contribution in [0, 0.1) is 10.1 Å². The summed E-state index contributed by atoms with van der Waals surface area (Å²) in [6, 6.07) is 6.91. The number of methoxy groups -OCH3 is 2. The molecule has 0 saturated heterocycles. The van der Waals surface area contributed by atoms with Crippen molar-refractivity contribution < 1.29 is 42.0 Å². The number of nitrogens with one attached hydrogen (secondary N) is 1. The number of hydrogen-bond acceptors (Lipinski definition) is 7. The molecule has 0 aliphatic heterocycles. The molecule has 1 amide bonds. The molecule has 2 atom stereocenters. The maximum atomic E-state index is 13.0. The number of esters is 2. The van der Waals surface area contributed by atoms with Crippen LogP contribution in [0.4, 0.5) is 18.9 Å². The van der Waals surface area contributed by atoms with Gasteiger partial charge in [-0.25, -0.2) is 4.79 Å². The number of amides is 1. The van der Waals surface area contributed by atoms with Crippen molar-refractivity contribution in [1.29, 1.82) is 0 Å². The molecule has 2 aromatic rings. The summed E-state index contributed by atoms with van der Waals surface area (Å²) in [6.45, 7) is 0. The van der Waals surface area contributed by atoms with Crippen LogP contribution in [-0.4, -0.2) is 43.0 Å². The lowest BCUT2D eigenvalue weighted by atomic mass is 9.88. The van der Waals surface area contributed by atoms with Gasteiger partial charge in [-0.1, -0.05) is 18.2 Å². The molecule has 0 aliphatic carbocycles. The van der Waals surface area contributed by atoms with Gasteiger partial charge >= 0.3 is 18.1 Å². The Morgan fingerprint density at radius 2 is 1.70 bits per heavy atom. The molecule has 0 unspecified atom stereocenters. The third kappa shape index (κ3) is 6.51. The van der Waals surface area contributed by atoms with Gasteiger partial charge in [-0.3, -0.25) is 19.7 Å². The van der Waals surface area contributed by atoms with Crippen LogP contribution in [-0.2, 0) is 25.2 Å². The number of hydrogen-bond donors (Lipinski definition) is 1. The predicted octanol–water partition coefficient (Wildman–Crippen LogP) is 3.23. The van der Waals surface area contributed by atoms with E-state index in [1.165, 1.54) is 12.1 Å². The van der Waals surface area contributed by atoms with Gasteiger partial charge in [0.25, 0.3) is 11.6 Å². The predicted molar refractivity (Wildman–Crippen MR) is 107 cm³/mol. The first kappa shape index (κ1) is 25.3. The molecule has 12 heteroatoms. The maximum absolute atomic E-state index is 13.0. The van der Waals surface area contributed by atoms with E-state index >= 15 is 0 Å². The van der Waals surface area contributed by atoms with Crippen LogP contribution in [0.1, 0.15) is 33.8 Å². The van der Waals surface area contributed by atoms with Crippen molar-refractivity contribution in [3.63, 3.8) is 0 Å². The van der Waals surface area contributed by atoms with Gasteiger partial charge in [-0.2, -0.15) is 13.2 Å². The van der Waals surface area contributed by atoms with Gasteiger partial charge in [0.15, 0.2) is 0 Å². The Morgan fingerprint density at radius 3 is 2.21 bits per heavy atom. The number of halogens is 3. The number of carbonyl (C=O) groups is 3. The van der Waals surface area contributed by atoms with E-state index in [0.29, 0.717) is 6.07 Å². The van der Waals surface area contributed by atoms with E-state index in [1.807, 2.05) is 0 Å². The van der Waals surface area contributed by atoms with Crippen molar-refractivity contribution in [2.75, 3.05) is 14.2 Å². The van der Waals surface area contributed by atoms with Gasteiger partial charge in [-0.05, 0) is 23.8 Å². The number of non-ortho nitro benzene ring substituents is 1. The molecule has 0 saturated carbocycles. The van der Waals surface area contributed by atoms with Crippen LogP contribution in [0.2, 0.25) is 0 Å². The maximum Gasteiger partial charge on any atom is 0.416 e. The normalized spacial score (nSPS) is 12.9. The zero-order valence-electron chi connectivity index (χ0n) is 17.4. The molecule has 0 aliphatic rings. The Bertz CT molecular complexity index is 1040. The van der Waals surface area contributed by atoms with Gasteiger partial charge in [0, 0.05) is 23.6 Å². The molecule has 0 heterocycles. The second-order valence-corrected chi connectivity index (χ2v) is 6.79. The highest BCUT2D eigenvalue weighted by molar-refractivity contribution is 5.97. The molecule has 0 spiro atoms. The lowest BCUT2D eigenvalue weighted by Gasteiger charge is -2.26. The van der Waals surface area contributed by atoms with Gasteiger partial charge < -0.3 is 14.8 Å². The molecule has 2 rings (SSSR count). The van der Waals surface area contributed by atoms with Crippen LogP contribution in [0.5, 0.6) is 0 Å². The standard InChI is InChI=1S/C21H19F3N2O7/c1-32-17(27)11-16(12-6-8-15(9-7-12)26(30)31)18(20(29)33-2)25-19(28)13-4-3-5-14(10-13)21(22,23)24/h3-10,16,18H,11H2,1-2H3,(H,25,28)/t16-,18+/m1/s1. The van der Waals surface area contributed by atoms with E-state index in [4.69, 9.17) is 4.74 Å². The summed E-state index contributed by atoms with van der Waals surface area (Å²) in [4.78, 5) is 47.4. The number of carbonyl (C=O) groups excluding carboxylic acids is 3. The van der Waals surface area contributed by atoms with E-state index < -0.39 is 52.9 Å². The van der Waals surface area contributed by atoms with E-state index in [2.05, 4.69) is 10.1 Å². The fraction of sp³-hybridized carbons (Fsp3) is 0.286. The molecular formula is C21H19F3N2O7. The number of rotatable bonds is 8. The first-order valence-electron chi connectivity index (χ1n) is 9.35. The average molecular weight is 468 g/mol. The molecule has 176 valence electrons. The molecule has 0 aromatic heterocycles. The highest BCUT2D eigenvalue weighted by Gasteiger charge is 2.35. The summed E-state index contributed by atoms with van der Waals surface area (Å²) in [5, 5.41) is 13.2. The summed E-state index contributed by atoms with van der Waals surface area (Å²) in [7, 11) is 2.13. The quantitative estimate of drug-likeness (QED) is 0.358. The smallest absolute Gasteiger partial charge is 0.416 e. The Morgan fingerprint density at radius 1 is 1.06 bits per heavy atom. The monoisotopic (exact) mass is 468 g/mol. The number of ether oxygens (including phenoxy) is 2. The first-order chi connectivity index (χ1) is 15.5. The fourth-order valence-electron chi connectivity index (χ4n) is 3.05. The van der Waals surface area contributed by atoms with Crippen molar-refractivity contribution >= 4 is 23.5 Å². The largest absolute Gasteiger partial charge is 0.469 e. The lowest BCUT2D eigenvalue weighted by Crippen LogP contribution is -2.46. The topological polar surface area (TPSA) is 125 Å². The van der Waals surface area contributed by atoms with Crippen LogP contribution in [0.15, 0.2) is 48.5 Å². The van der Waals surface area contributed by atoms with Crippen molar-refractivity contribution in [2.45, 2.75) is 24.6 Å². The van der Waals surface area contributed by atoms with Gasteiger partial charge in [0.1, 0.15) is 6.04 Å². The summed E-state index contributed by atoms with van der Waals surface area (Å²) in [5.41, 5.74) is -1.44. The number of alkyl halides is 3. The summed E-state index contributed by atoms with van der Waals surface area (Å²) in [5.74, 6) is -3.86. The highest BCUT2D eigenvalue weighted by Crippen LogP contribution is 2.30. The van der Waals surface area contributed by atoms with Crippen molar-refractivity contribution in [3.8, 4) is 0 Å². The zero-order valence-corrected chi connectivity index (χ0v) is 17.4. The van der Waals surface area contributed by atoms with E-state index in [9.17, 15) is 37.7 Å². The molecule has 33 heavy (non-hydrogen) atoms. The summed E-state index contributed by atoms with van der Waals surface area (Å²) < 4.78 is 48.3. The summed E-state index contributed by atoms with van der Waals surface area (Å²) >= 11 is 0. The Kier molecular flexibility index (Phi) is 8.10. The third-order valence-electron chi connectivity index (χ3n) is 4.74. The highest BCUT2D eigenvalue weighted by atomic mass is 19.4. The molecule has 0 radical (unpaired) electrons. The van der Waals surface area contributed by atoms with Crippen LogP contribution in [0.3, 0.4) is 0 Å². The van der Waals surface area contributed by atoms with Gasteiger partial charge in [0.2, 0.25) is 0 Å². The van der Waals surface area contributed by atoms with Crippen LogP contribution >= 0.6 is 0 Å². The molecule has 0 fully saturated rings. The molecule has 0 bridgehead atoms. The van der Waals surface area contributed by atoms with Crippen LogP contribution in [0.25, 0.3) is 0 Å². The van der Waals surface area contributed by atoms with E-state index in [1.54, 1.807) is 0 Å². The molecule has 2 aromatic carbocycles. The minimum absolute atomic E-state index is 0.252. The number of nitro benzene ring substituents is 1. The second kappa shape index (κ2) is 10.6. The SMILES string of the molecule is COC(=O)C[C@H](c1ccc([N+](=O)[O-])cc1)[C@H](NC(=O)c1cccc(C(F)(F)F)c1)C(=O)OC. The first-order valence-corrected chi connectivity index (χ1v) is 9.35. The Hall–Kier alpha value is -3.96. The molecular weight excluding hydrogens is 449 g/mol. The molecule has 1 N–H and O–H groups in total. The number of nitrogens with zero attached hydrogens (tertiary/aromatic N) is 1. The fourth-order valence-corrected chi connectivity index (χ4v) is 3.05. The average Bonchev–Trinajstić information content (AvgIpc) is 2.80. The van der Waals surface area contributed by atoms with Gasteiger partial charge in [0.05, 0.1) is 31.1 Å². The summed E-state index contributed by atoms with van der Waals surface area (Å²) in [6.07, 6.45) is -5.12. The van der Waals surface area contributed by atoms with Crippen molar-refractivity contribution in [1.82, 2.24) is 5.32 Å². The third-order valence-corrected chi connectivity index (χ3v) is 4.74. The zero-order chi connectivity index (χ0) is 24.8. The second-order valence-electron chi connectivity index (χ2n) is 6.79. The van der Waals surface area contributed by atoms with Crippen molar-refractivity contribution in [2.24, 2.45) is 0 Å². The van der Waals surface area contributed by atoms with Crippen molar-refractivity contribution in [3.05, 3.63) is 75.3 Å². The Balaban J connectivity index is 2.44. The van der Waals surface area contributed by atoms with E-state index in [0.717, 1.165) is 44.6 Å². The molecule has 9 nitrogen and oxygen atoms in total.